The van der Waals surface area contributed by atoms with E-state index in [-0.39, 0.29) is 5.38 Å². The molecule has 4 nitrogen and oxygen atoms in total. The highest BCUT2D eigenvalue weighted by Gasteiger charge is 2.53. The van der Waals surface area contributed by atoms with Crippen LogP contribution in [-0.4, -0.2) is 69.3 Å². The van der Waals surface area contributed by atoms with E-state index in [2.05, 4.69) is 19.6 Å². The second-order valence-corrected chi connectivity index (χ2v) is 6.33. The fourth-order valence-electron chi connectivity index (χ4n) is 2.83. The molecule has 0 aromatic heterocycles. The lowest BCUT2D eigenvalue weighted by atomic mass is 10.1. The average molecular weight is 286 g/mol. The Bertz CT molecular complexity index is 260. The van der Waals surface area contributed by atoms with Crippen molar-refractivity contribution in [1.29, 1.82) is 0 Å². The molecule has 4 aliphatic heterocycles. The molecule has 4 bridgehead atoms. The van der Waals surface area contributed by atoms with Crippen molar-refractivity contribution < 1.29 is 0 Å². The van der Waals surface area contributed by atoms with Gasteiger partial charge in [-0.05, 0) is 0 Å². The minimum Gasteiger partial charge on any atom is -0.264 e. The van der Waals surface area contributed by atoms with Crippen molar-refractivity contribution in [3.05, 3.63) is 0 Å². The summed E-state index contributed by atoms with van der Waals surface area (Å²) in [6.07, 6.45) is 0.710. The molecule has 4 aliphatic rings. The molecule has 4 rings (SSSR count). The summed E-state index contributed by atoms with van der Waals surface area (Å²) in [5.41, 5.74) is 0. The number of rotatable bonds is 3. The number of halogens is 3. The third kappa shape index (κ3) is 1.75. The van der Waals surface area contributed by atoms with Crippen LogP contribution in [0.4, 0.5) is 0 Å². The van der Waals surface area contributed by atoms with E-state index < -0.39 is 5.12 Å². The minimum absolute atomic E-state index is 0.0679. The maximum Gasteiger partial charge on any atom is 0.157 e. The topological polar surface area (TPSA) is 13.0 Å². The van der Waals surface area contributed by atoms with Gasteiger partial charge in [-0.3, -0.25) is 9.80 Å². The van der Waals surface area contributed by atoms with Gasteiger partial charge in [-0.15, -0.1) is 23.2 Å². The van der Waals surface area contributed by atoms with Crippen LogP contribution in [-0.2, 0) is 0 Å². The third-order valence-corrected chi connectivity index (χ3v) is 4.97. The van der Waals surface area contributed by atoms with Gasteiger partial charge in [0.1, 0.15) is 0 Å². The molecule has 92 valence electrons. The summed E-state index contributed by atoms with van der Waals surface area (Å²) in [4.78, 5) is 9.29. The molecular formula is C9H15Cl3N4. The largest absolute Gasteiger partial charge is 0.264 e. The Hall–Kier alpha value is 0.710. The van der Waals surface area contributed by atoms with E-state index in [0.717, 1.165) is 33.3 Å². The normalized spacial score (nSPS) is 51.9. The monoisotopic (exact) mass is 284 g/mol. The molecule has 4 fully saturated rings. The zero-order valence-corrected chi connectivity index (χ0v) is 11.2. The van der Waals surface area contributed by atoms with E-state index in [1.165, 1.54) is 0 Å². The molecule has 0 N–H and O–H groups in total. The van der Waals surface area contributed by atoms with E-state index in [1.54, 1.807) is 0 Å². The van der Waals surface area contributed by atoms with Gasteiger partial charge in [-0.25, -0.2) is 9.80 Å². The van der Waals surface area contributed by atoms with Gasteiger partial charge < -0.3 is 0 Å². The van der Waals surface area contributed by atoms with E-state index in [1.807, 2.05) is 0 Å². The SMILES string of the molecule is ClCC(Cl)CC1(Cl)N2CN3CN(C2)CN1C3. The van der Waals surface area contributed by atoms with Gasteiger partial charge in [-0.1, -0.05) is 11.6 Å². The standard InChI is InChI=1S/C9H15Cl3N4/c10-2-8(11)1-9(12)15-4-13-3-14(6-15)7-16(9)5-13/h8H,1-7H2. The van der Waals surface area contributed by atoms with Gasteiger partial charge in [0, 0.05) is 12.3 Å². The predicted molar refractivity (Wildman–Crippen MR) is 65.3 cm³/mol. The van der Waals surface area contributed by atoms with E-state index in [0.29, 0.717) is 12.3 Å². The van der Waals surface area contributed by atoms with Gasteiger partial charge in [0.2, 0.25) is 0 Å². The third-order valence-electron chi connectivity index (χ3n) is 3.50. The lowest BCUT2D eigenvalue weighted by Gasteiger charge is -2.64. The Morgan fingerprint density at radius 3 is 1.94 bits per heavy atom. The molecule has 0 spiro atoms. The summed E-state index contributed by atoms with van der Waals surface area (Å²) in [6, 6.07) is 0. The summed E-state index contributed by atoms with van der Waals surface area (Å²) in [6.45, 7) is 4.79. The van der Waals surface area contributed by atoms with Gasteiger partial charge in [0.25, 0.3) is 0 Å². The first kappa shape index (κ1) is 11.8. The molecule has 1 atom stereocenters. The van der Waals surface area contributed by atoms with Crippen molar-refractivity contribution in [3.63, 3.8) is 0 Å². The van der Waals surface area contributed by atoms with Crippen LogP contribution in [0.3, 0.4) is 0 Å². The average Bonchev–Trinajstić information content (AvgIpc) is 2.25. The van der Waals surface area contributed by atoms with Crippen LogP contribution in [0.1, 0.15) is 6.42 Å². The second-order valence-electron chi connectivity index (χ2n) is 4.80. The van der Waals surface area contributed by atoms with Crippen molar-refractivity contribution in [2.45, 2.75) is 16.9 Å². The lowest BCUT2D eigenvalue weighted by Crippen LogP contribution is -2.79. The Kier molecular flexibility index (Phi) is 3.04. The first-order valence-corrected chi connectivity index (χ1v) is 6.80. The molecular weight excluding hydrogens is 270 g/mol. The first-order chi connectivity index (χ1) is 7.61. The molecule has 1 unspecified atom stereocenters. The van der Waals surface area contributed by atoms with E-state index >= 15 is 0 Å². The van der Waals surface area contributed by atoms with E-state index in [9.17, 15) is 0 Å². The molecule has 4 heterocycles. The molecule has 16 heavy (non-hydrogen) atoms. The molecule has 0 aliphatic carbocycles. The molecule has 4 saturated heterocycles. The highest BCUT2D eigenvalue weighted by atomic mass is 35.5. The van der Waals surface area contributed by atoms with Crippen LogP contribution in [0.5, 0.6) is 0 Å². The fourth-order valence-corrected chi connectivity index (χ4v) is 3.64. The van der Waals surface area contributed by atoms with Crippen LogP contribution >= 0.6 is 34.8 Å². The summed E-state index contributed by atoms with van der Waals surface area (Å²) < 4.78 is 0. The van der Waals surface area contributed by atoms with Crippen molar-refractivity contribution in [3.8, 4) is 0 Å². The van der Waals surface area contributed by atoms with Crippen LogP contribution < -0.4 is 0 Å². The highest BCUT2D eigenvalue weighted by Crippen LogP contribution is 2.41. The van der Waals surface area contributed by atoms with Crippen molar-refractivity contribution in [1.82, 2.24) is 19.6 Å². The number of nitrogens with zero attached hydrogens (tertiary/aromatic N) is 4. The Morgan fingerprint density at radius 1 is 1.00 bits per heavy atom. The second kappa shape index (κ2) is 4.12. The van der Waals surface area contributed by atoms with Gasteiger partial charge in [0.05, 0.1) is 38.7 Å². The van der Waals surface area contributed by atoms with Crippen molar-refractivity contribution in [2.24, 2.45) is 0 Å². The molecule has 7 heteroatoms. The smallest absolute Gasteiger partial charge is 0.157 e. The number of hydrogen-bond acceptors (Lipinski definition) is 4. The fraction of sp³-hybridized carbons (Fsp3) is 1.00. The van der Waals surface area contributed by atoms with Crippen molar-refractivity contribution >= 4 is 34.8 Å². The molecule has 0 radical (unpaired) electrons. The summed E-state index contributed by atoms with van der Waals surface area (Å²) in [5, 5.41) is -0.504. The highest BCUT2D eigenvalue weighted by molar-refractivity contribution is 6.29. The number of hydrogen-bond donors (Lipinski definition) is 0. The van der Waals surface area contributed by atoms with Gasteiger partial charge >= 0.3 is 0 Å². The maximum atomic E-state index is 6.76. The predicted octanol–water partition coefficient (Wildman–Crippen LogP) is 1.15. The minimum atomic E-state index is -0.436. The lowest BCUT2D eigenvalue weighted by molar-refractivity contribution is -0.248. The first-order valence-electron chi connectivity index (χ1n) is 5.45. The van der Waals surface area contributed by atoms with Crippen LogP contribution in [0.2, 0.25) is 0 Å². The molecule has 0 amide bonds. The van der Waals surface area contributed by atoms with Crippen LogP contribution in [0.25, 0.3) is 0 Å². The zero-order chi connectivity index (χ0) is 11.3. The maximum absolute atomic E-state index is 6.76. The summed E-state index contributed by atoms with van der Waals surface area (Å²) in [7, 11) is 0. The van der Waals surface area contributed by atoms with Gasteiger partial charge in [-0.2, -0.15) is 0 Å². The molecule has 0 saturated carbocycles. The van der Waals surface area contributed by atoms with Gasteiger partial charge in [0.15, 0.2) is 5.12 Å². The van der Waals surface area contributed by atoms with Crippen molar-refractivity contribution in [2.75, 3.05) is 39.2 Å². The van der Waals surface area contributed by atoms with E-state index in [4.69, 9.17) is 34.8 Å². The Labute approximate surface area is 111 Å². The summed E-state index contributed by atoms with van der Waals surface area (Å²) >= 11 is 18.7. The number of alkyl halides is 3. The van der Waals surface area contributed by atoms with Crippen LogP contribution in [0.15, 0.2) is 0 Å². The quantitative estimate of drug-likeness (QED) is 0.570. The summed E-state index contributed by atoms with van der Waals surface area (Å²) in [5.74, 6) is 0.450. The van der Waals surface area contributed by atoms with Crippen LogP contribution in [0, 0.1) is 0 Å². The molecule has 0 aromatic carbocycles. The Balaban J connectivity index is 1.79. The molecule has 0 aromatic rings. The zero-order valence-electron chi connectivity index (χ0n) is 8.95. The Morgan fingerprint density at radius 2 is 1.50 bits per heavy atom.